The molecular weight excluding hydrogens is 415 g/mol. The van der Waals surface area contributed by atoms with Gasteiger partial charge < -0.3 is 14.9 Å². The number of ether oxygens (including phenoxy) is 1. The molecule has 0 radical (unpaired) electrons. The van der Waals surface area contributed by atoms with E-state index in [1.165, 1.54) is 17.4 Å². The summed E-state index contributed by atoms with van der Waals surface area (Å²) in [5.41, 5.74) is 2.53. The van der Waals surface area contributed by atoms with Crippen LogP contribution >= 0.6 is 11.3 Å². The largest absolute Gasteiger partial charge is 0.508 e. The molecule has 0 amide bonds. The zero-order valence-electron chi connectivity index (χ0n) is 16.4. The zero-order chi connectivity index (χ0) is 21.8. The number of fused-ring (bicyclic) bond motifs is 1. The van der Waals surface area contributed by atoms with Gasteiger partial charge in [-0.15, -0.1) is 11.3 Å². The maximum absolute atomic E-state index is 13.1. The van der Waals surface area contributed by atoms with Crippen molar-refractivity contribution >= 4 is 33.5 Å². The second kappa shape index (κ2) is 9.02. The molecule has 31 heavy (non-hydrogen) atoms. The van der Waals surface area contributed by atoms with Gasteiger partial charge in [0, 0.05) is 22.6 Å². The van der Waals surface area contributed by atoms with Gasteiger partial charge in [-0.2, -0.15) is 0 Å². The van der Waals surface area contributed by atoms with Crippen molar-refractivity contribution in [1.82, 2.24) is 0 Å². The monoisotopic (exact) mass is 434 g/mol. The van der Waals surface area contributed by atoms with Gasteiger partial charge in [0.05, 0.1) is 11.6 Å². The molecule has 0 unspecified atom stereocenters. The van der Waals surface area contributed by atoms with Gasteiger partial charge in [-0.3, -0.25) is 4.39 Å². The molecule has 0 fully saturated rings. The summed E-state index contributed by atoms with van der Waals surface area (Å²) in [6.07, 6.45) is 2.89. The van der Waals surface area contributed by atoms with Gasteiger partial charge >= 0.3 is 5.97 Å². The number of phenolic OH excluding ortho intramolecular Hbond substituents is 1. The van der Waals surface area contributed by atoms with Crippen LogP contribution in [0.25, 0.3) is 26.6 Å². The Labute approximate surface area is 182 Å². The Morgan fingerprint density at radius 2 is 1.84 bits per heavy atom. The molecule has 0 saturated carbocycles. The number of aliphatic carboxylic acids is 1. The molecule has 156 valence electrons. The Morgan fingerprint density at radius 1 is 1.06 bits per heavy atom. The van der Waals surface area contributed by atoms with Crippen molar-refractivity contribution < 1.29 is 24.1 Å². The van der Waals surface area contributed by atoms with Crippen molar-refractivity contribution in [1.29, 1.82) is 0 Å². The van der Waals surface area contributed by atoms with Crippen LogP contribution < -0.4 is 4.74 Å². The third kappa shape index (κ3) is 4.59. The molecule has 4 aromatic rings. The van der Waals surface area contributed by atoms with Crippen LogP contribution in [0, 0.1) is 0 Å². The predicted molar refractivity (Wildman–Crippen MR) is 122 cm³/mol. The minimum Gasteiger partial charge on any atom is -0.508 e. The average molecular weight is 434 g/mol. The smallest absolute Gasteiger partial charge is 0.328 e. The maximum Gasteiger partial charge on any atom is 0.328 e. The second-order valence-electron chi connectivity index (χ2n) is 6.88. The first-order chi connectivity index (χ1) is 15.0. The first kappa shape index (κ1) is 20.6. The number of carboxylic acid groups (broad SMARTS) is 1. The standard InChI is InChI=1S/C25H19FO4S/c26-14-13-17-3-1-2-4-20(17)25-24(21-11-8-18(27)15-22(21)31-25)30-19-9-5-16(6-10-19)7-12-23(28)29/h1-12,15,27H,13-14H2,(H,28,29)/b12-7+. The van der Waals surface area contributed by atoms with E-state index in [1.54, 1.807) is 36.4 Å². The number of hydrogen-bond acceptors (Lipinski definition) is 4. The number of carbonyl (C=O) groups is 1. The highest BCUT2D eigenvalue weighted by atomic mass is 32.1. The van der Waals surface area contributed by atoms with Crippen LogP contribution in [0.2, 0.25) is 0 Å². The van der Waals surface area contributed by atoms with Gasteiger partial charge in [-0.25, -0.2) is 4.79 Å². The molecule has 4 nitrogen and oxygen atoms in total. The highest BCUT2D eigenvalue weighted by Crippen LogP contribution is 2.48. The zero-order valence-corrected chi connectivity index (χ0v) is 17.2. The Hall–Kier alpha value is -3.64. The van der Waals surface area contributed by atoms with Crippen LogP contribution in [0.3, 0.4) is 0 Å². The van der Waals surface area contributed by atoms with Crippen molar-refractivity contribution in [2.45, 2.75) is 6.42 Å². The van der Waals surface area contributed by atoms with Gasteiger partial charge in [0.15, 0.2) is 5.75 Å². The normalized spacial score (nSPS) is 11.3. The quantitative estimate of drug-likeness (QED) is 0.319. The summed E-state index contributed by atoms with van der Waals surface area (Å²) in [5.74, 6) is 0.382. The summed E-state index contributed by atoms with van der Waals surface area (Å²) in [4.78, 5) is 11.6. The van der Waals surface area contributed by atoms with Gasteiger partial charge in [0.2, 0.25) is 0 Å². The van der Waals surface area contributed by atoms with Crippen molar-refractivity contribution in [2.75, 3.05) is 6.67 Å². The first-order valence-corrected chi connectivity index (χ1v) is 10.5. The Morgan fingerprint density at radius 3 is 2.58 bits per heavy atom. The minimum atomic E-state index is -1.01. The number of hydrogen-bond donors (Lipinski definition) is 2. The Balaban J connectivity index is 1.78. The molecule has 0 spiro atoms. The minimum absolute atomic E-state index is 0.165. The van der Waals surface area contributed by atoms with Crippen molar-refractivity contribution in [2.24, 2.45) is 0 Å². The van der Waals surface area contributed by atoms with E-state index in [9.17, 15) is 14.3 Å². The van der Waals surface area contributed by atoms with Gasteiger partial charge in [0.1, 0.15) is 11.5 Å². The molecule has 0 aliphatic heterocycles. The second-order valence-corrected chi connectivity index (χ2v) is 7.93. The molecule has 6 heteroatoms. The Bertz CT molecular complexity index is 1260. The lowest BCUT2D eigenvalue weighted by atomic mass is 10.0. The topological polar surface area (TPSA) is 66.8 Å². The average Bonchev–Trinajstić information content (AvgIpc) is 3.11. The van der Waals surface area contributed by atoms with Crippen LogP contribution in [-0.2, 0) is 11.2 Å². The molecule has 0 atom stereocenters. The number of carboxylic acids is 1. The van der Waals surface area contributed by atoms with E-state index in [4.69, 9.17) is 9.84 Å². The molecule has 3 aromatic carbocycles. The highest BCUT2D eigenvalue weighted by molar-refractivity contribution is 7.22. The summed E-state index contributed by atoms with van der Waals surface area (Å²) in [7, 11) is 0. The maximum atomic E-state index is 13.1. The predicted octanol–water partition coefficient (Wildman–Crippen LogP) is 6.68. The number of aromatic hydroxyl groups is 1. The molecular formula is C25H19FO4S. The van der Waals surface area contributed by atoms with Crippen LogP contribution in [-0.4, -0.2) is 22.9 Å². The lowest BCUT2D eigenvalue weighted by Crippen LogP contribution is -1.92. The van der Waals surface area contributed by atoms with E-state index < -0.39 is 12.6 Å². The van der Waals surface area contributed by atoms with Crippen molar-refractivity contribution in [3.8, 4) is 27.7 Å². The van der Waals surface area contributed by atoms with E-state index in [1.807, 2.05) is 30.3 Å². The SMILES string of the molecule is O=C(O)/C=C/c1ccc(Oc2c(-c3ccccc3CCF)sc3cc(O)ccc23)cc1. The number of rotatable bonds is 7. The number of benzene rings is 3. The van der Waals surface area contributed by atoms with Crippen LogP contribution in [0.4, 0.5) is 4.39 Å². The summed E-state index contributed by atoms with van der Waals surface area (Å²) < 4.78 is 20.3. The Kier molecular flexibility index (Phi) is 6.00. The fourth-order valence-electron chi connectivity index (χ4n) is 3.33. The number of thiophene rings is 1. The summed E-state index contributed by atoms with van der Waals surface area (Å²) in [6.45, 7) is -0.454. The number of phenols is 1. The molecule has 1 heterocycles. The fourth-order valence-corrected chi connectivity index (χ4v) is 4.56. The van der Waals surface area contributed by atoms with E-state index in [0.29, 0.717) is 17.9 Å². The van der Waals surface area contributed by atoms with Gasteiger partial charge in [-0.1, -0.05) is 36.4 Å². The van der Waals surface area contributed by atoms with Gasteiger partial charge in [0.25, 0.3) is 0 Å². The third-order valence-corrected chi connectivity index (χ3v) is 5.94. The summed E-state index contributed by atoms with van der Waals surface area (Å²) in [5, 5.41) is 19.5. The van der Waals surface area contributed by atoms with Crippen molar-refractivity contribution in [3.63, 3.8) is 0 Å². The molecule has 0 aliphatic rings. The molecule has 0 bridgehead atoms. The van der Waals surface area contributed by atoms with Crippen LogP contribution in [0.15, 0.2) is 72.8 Å². The summed E-state index contributed by atoms with van der Waals surface area (Å²) >= 11 is 1.48. The molecule has 0 aliphatic carbocycles. The highest BCUT2D eigenvalue weighted by Gasteiger charge is 2.19. The number of alkyl halides is 1. The third-order valence-electron chi connectivity index (χ3n) is 4.77. The molecule has 1 aromatic heterocycles. The van der Waals surface area contributed by atoms with Crippen molar-refractivity contribution in [3.05, 3.63) is 83.9 Å². The van der Waals surface area contributed by atoms with E-state index in [0.717, 1.165) is 37.7 Å². The van der Waals surface area contributed by atoms with Crippen LogP contribution in [0.1, 0.15) is 11.1 Å². The number of aryl methyl sites for hydroxylation is 1. The van der Waals surface area contributed by atoms with E-state index in [2.05, 4.69) is 0 Å². The molecule has 0 saturated heterocycles. The number of halogens is 1. The lowest BCUT2D eigenvalue weighted by molar-refractivity contribution is -0.131. The lowest BCUT2D eigenvalue weighted by Gasteiger charge is -2.11. The molecule has 4 rings (SSSR count). The van der Waals surface area contributed by atoms with Crippen LogP contribution in [0.5, 0.6) is 17.2 Å². The molecule has 2 N–H and O–H groups in total. The fraction of sp³-hybridized carbons (Fsp3) is 0.0800. The summed E-state index contributed by atoms with van der Waals surface area (Å²) in [6, 6.07) is 19.8. The first-order valence-electron chi connectivity index (χ1n) is 9.64. The van der Waals surface area contributed by atoms with E-state index >= 15 is 0 Å². The van der Waals surface area contributed by atoms with E-state index in [-0.39, 0.29) is 5.75 Å². The van der Waals surface area contributed by atoms with Gasteiger partial charge in [-0.05, 0) is 53.1 Å².